The van der Waals surface area contributed by atoms with Gasteiger partial charge in [0.25, 0.3) is 11.2 Å². The predicted octanol–water partition coefficient (Wildman–Crippen LogP) is 6.84. The van der Waals surface area contributed by atoms with Crippen molar-refractivity contribution >= 4 is 52.3 Å². The van der Waals surface area contributed by atoms with Crippen molar-refractivity contribution in [2.45, 2.75) is 26.8 Å². The molecule has 0 spiro atoms. The number of carbonyl (C=O) groups excluding carboxylic acids is 1. The van der Waals surface area contributed by atoms with Crippen molar-refractivity contribution in [3.63, 3.8) is 0 Å². The average Bonchev–Trinajstić information content (AvgIpc) is 3.74. The number of furan rings is 2. The number of nitro benzene ring substituents is 1. The molecule has 0 N–H and O–H groups in total. The van der Waals surface area contributed by atoms with Gasteiger partial charge < -0.3 is 13.6 Å². The Labute approximate surface area is 269 Å². The number of hydrogen-bond acceptors (Lipinski definition) is 9. The van der Waals surface area contributed by atoms with Crippen molar-refractivity contribution in [2.24, 2.45) is 4.99 Å². The summed E-state index contributed by atoms with van der Waals surface area (Å²) < 4.78 is 19.3. The highest BCUT2D eigenvalue weighted by molar-refractivity contribution is 7.07. The Morgan fingerprint density at radius 1 is 1.07 bits per heavy atom. The molecule has 0 bridgehead atoms. The van der Waals surface area contributed by atoms with Gasteiger partial charge in [0.05, 0.1) is 37.4 Å². The number of halogens is 2. The summed E-state index contributed by atoms with van der Waals surface area (Å²) in [6.45, 7) is 5.33. The van der Waals surface area contributed by atoms with Crippen LogP contribution in [0.4, 0.5) is 5.69 Å². The van der Waals surface area contributed by atoms with E-state index < -0.39 is 22.5 Å². The summed E-state index contributed by atoms with van der Waals surface area (Å²) in [5, 5.41) is 12.1. The molecule has 228 valence electrons. The van der Waals surface area contributed by atoms with E-state index in [4.69, 9.17) is 36.8 Å². The number of allylic oxidation sites excluding steroid dienone is 1. The van der Waals surface area contributed by atoms with E-state index in [1.54, 1.807) is 68.5 Å². The van der Waals surface area contributed by atoms with Crippen LogP contribution in [0, 0.1) is 17.0 Å². The summed E-state index contributed by atoms with van der Waals surface area (Å²) in [5.74, 6) is 0.942. The first kappa shape index (κ1) is 30.3. The van der Waals surface area contributed by atoms with Crippen molar-refractivity contribution < 1.29 is 23.3 Å². The van der Waals surface area contributed by atoms with Gasteiger partial charge in [0.15, 0.2) is 4.80 Å². The standard InChI is InChI=1S/C32H23Cl2N3O7S/c1-4-42-31(39)28-17(3)35-32-36(29(28)26-12-11-24(44-26)18-6-9-22(33)23(34)13-18)30(38)27(45-32)15-20-8-10-25(43-20)21-14-19(37(40)41)7-5-16(21)2/h5-15,29H,4H2,1-3H3/b27-15-/t29-/m1/s1. The molecule has 1 aliphatic heterocycles. The molecule has 0 saturated carbocycles. The Morgan fingerprint density at radius 2 is 1.84 bits per heavy atom. The molecule has 3 aromatic heterocycles. The van der Waals surface area contributed by atoms with E-state index in [9.17, 15) is 19.7 Å². The van der Waals surface area contributed by atoms with Crippen LogP contribution < -0.4 is 14.9 Å². The van der Waals surface area contributed by atoms with Gasteiger partial charge in [-0.15, -0.1) is 0 Å². The van der Waals surface area contributed by atoms with Gasteiger partial charge in [-0.25, -0.2) is 9.79 Å². The van der Waals surface area contributed by atoms with E-state index in [1.807, 2.05) is 6.92 Å². The maximum Gasteiger partial charge on any atom is 0.338 e. The second-order valence-electron chi connectivity index (χ2n) is 10.1. The van der Waals surface area contributed by atoms with Gasteiger partial charge in [-0.3, -0.25) is 19.5 Å². The highest BCUT2D eigenvalue weighted by Crippen LogP contribution is 2.36. The molecule has 10 nitrogen and oxygen atoms in total. The lowest BCUT2D eigenvalue weighted by molar-refractivity contribution is -0.384. The van der Waals surface area contributed by atoms with Crippen molar-refractivity contribution in [1.82, 2.24) is 4.57 Å². The molecule has 13 heteroatoms. The van der Waals surface area contributed by atoms with E-state index in [2.05, 4.69) is 4.99 Å². The lowest BCUT2D eigenvalue weighted by Gasteiger charge is -2.22. The second-order valence-corrected chi connectivity index (χ2v) is 11.9. The largest absolute Gasteiger partial charge is 0.463 e. The van der Waals surface area contributed by atoms with Crippen LogP contribution in [-0.2, 0) is 9.53 Å². The van der Waals surface area contributed by atoms with Crippen molar-refractivity contribution in [3.8, 4) is 22.6 Å². The van der Waals surface area contributed by atoms with Gasteiger partial charge in [0.1, 0.15) is 29.1 Å². The van der Waals surface area contributed by atoms with Crippen LogP contribution in [0.1, 0.15) is 37.0 Å². The predicted molar refractivity (Wildman–Crippen MR) is 170 cm³/mol. The molecule has 1 aliphatic rings. The van der Waals surface area contributed by atoms with Crippen LogP contribution in [0.5, 0.6) is 0 Å². The Hall–Kier alpha value is -4.71. The van der Waals surface area contributed by atoms with E-state index in [-0.39, 0.29) is 17.9 Å². The first-order valence-corrected chi connectivity index (χ1v) is 15.2. The molecular weight excluding hydrogens is 641 g/mol. The minimum Gasteiger partial charge on any atom is -0.463 e. The number of fused-ring (bicyclic) bond motifs is 1. The fourth-order valence-electron chi connectivity index (χ4n) is 5.06. The maximum absolute atomic E-state index is 14.0. The number of esters is 1. The first-order chi connectivity index (χ1) is 21.5. The number of carbonyl (C=O) groups is 1. The average molecular weight is 665 g/mol. The zero-order valence-electron chi connectivity index (χ0n) is 24.0. The third-order valence-electron chi connectivity index (χ3n) is 7.21. The van der Waals surface area contributed by atoms with E-state index in [0.29, 0.717) is 59.2 Å². The molecule has 0 saturated heterocycles. The van der Waals surface area contributed by atoms with Crippen LogP contribution in [0.3, 0.4) is 0 Å². The van der Waals surface area contributed by atoms with E-state index in [0.717, 1.165) is 16.9 Å². The molecule has 0 unspecified atom stereocenters. The molecule has 1 atom stereocenters. The van der Waals surface area contributed by atoms with Gasteiger partial charge in [-0.1, -0.05) is 40.6 Å². The van der Waals surface area contributed by atoms with E-state index in [1.165, 1.54) is 16.7 Å². The number of nitrogens with zero attached hydrogens (tertiary/aromatic N) is 3. The van der Waals surface area contributed by atoms with Crippen molar-refractivity contribution in [2.75, 3.05) is 6.61 Å². The number of ether oxygens (including phenoxy) is 1. The number of rotatable bonds is 7. The van der Waals surface area contributed by atoms with Crippen molar-refractivity contribution in [1.29, 1.82) is 0 Å². The summed E-state index contributed by atoms with van der Waals surface area (Å²) in [4.78, 5) is 42.9. The Kier molecular flexibility index (Phi) is 8.08. The number of nitro groups is 1. The quantitative estimate of drug-likeness (QED) is 0.106. The third-order valence-corrected chi connectivity index (χ3v) is 8.94. The smallest absolute Gasteiger partial charge is 0.338 e. The molecule has 4 heterocycles. The molecule has 0 fully saturated rings. The molecule has 2 aromatic carbocycles. The highest BCUT2D eigenvalue weighted by Gasteiger charge is 2.35. The molecular formula is C32H23Cl2N3O7S. The summed E-state index contributed by atoms with van der Waals surface area (Å²) >= 11 is 13.4. The molecule has 5 aromatic rings. The minimum absolute atomic E-state index is 0.0603. The number of benzene rings is 2. The molecule has 6 rings (SSSR count). The lowest BCUT2D eigenvalue weighted by atomic mass is 10.0. The summed E-state index contributed by atoms with van der Waals surface area (Å²) in [7, 11) is 0. The first-order valence-electron chi connectivity index (χ1n) is 13.7. The normalized spacial score (nSPS) is 14.8. The van der Waals surface area contributed by atoms with Crippen molar-refractivity contribution in [3.05, 3.63) is 129 Å². The zero-order chi connectivity index (χ0) is 32.0. The van der Waals surface area contributed by atoms with Crippen LogP contribution in [0.25, 0.3) is 28.7 Å². The third kappa shape index (κ3) is 5.66. The molecule has 0 aliphatic carbocycles. The van der Waals surface area contributed by atoms with Gasteiger partial charge in [-0.2, -0.15) is 0 Å². The summed E-state index contributed by atoms with van der Waals surface area (Å²) in [5.41, 5.74) is 2.10. The monoisotopic (exact) mass is 663 g/mol. The minimum atomic E-state index is -0.960. The van der Waals surface area contributed by atoms with Crippen LogP contribution >= 0.6 is 34.5 Å². The van der Waals surface area contributed by atoms with Gasteiger partial charge in [0.2, 0.25) is 0 Å². The Bertz CT molecular complexity index is 2220. The maximum atomic E-state index is 14.0. The topological polar surface area (TPSA) is 130 Å². The van der Waals surface area contributed by atoms with Crippen LogP contribution in [0.2, 0.25) is 10.0 Å². The van der Waals surface area contributed by atoms with Gasteiger partial charge in [0, 0.05) is 29.3 Å². The van der Waals surface area contributed by atoms with Crippen LogP contribution in [-0.4, -0.2) is 22.1 Å². The molecule has 0 radical (unpaired) electrons. The lowest BCUT2D eigenvalue weighted by Crippen LogP contribution is -2.39. The summed E-state index contributed by atoms with van der Waals surface area (Å²) in [6.07, 6.45) is 1.57. The Morgan fingerprint density at radius 3 is 2.58 bits per heavy atom. The van der Waals surface area contributed by atoms with Crippen LogP contribution in [0.15, 0.2) is 90.6 Å². The van der Waals surface area contributed by atoms with E-state index >= 15 is 0 Å². The fourth-order valence-corrected chi connectivity index (χ4v) is 6.38. The van der Waals surface area contributed by atoms with Gasteiger partial charge in [-0.05, 0) is 68.8 Å². The fraction of sp³-hybridized carbons (Fsp3) is 0.156. The number of thiazole rings is 1. The second kappa shape index (κ2) is 12.0. The number of hydrogen-bond donors (Lipinski definition) is 0. The summed E-state index contributed by atoms with van der Waals surface area (Å²) in [6, 6.07) is 15.4. The number of aryl methyl sites for hydroxylation is 1. The highest BCUT2D eigenvalue weighted by atomic mass is 35.5. The number of aromatic nitrogens is 1. The Balaban J connectivity index is 1.45. The molecule has 45 heavy (non-hydrogen) atoms. The zero-order valence-corrected chi connectivity index (χ0v) is 26.3. The molecule has 0 amide bonds. The SMILES string of the molecule is CCOC(=O)C1=C(C)N=c2s/c(=C\c3ccc(-c4cc([N+](=O)[O-])ccc4C)o3)c(=O)n2[C@@H]1c1ccc(-c2ccc(Cl)c(Cl)c2)o1. The van der Waals surface area contributed by atoms with Gasteiger partial charge >= 0.3 is 5.97 Å². The number of non-ortho nitro benzene ring substituents is 1.